The maximum atomic E-state index is 9.01. The first-order valence-electron chi connectivity index (χ1n) is 2.89. The smallest absolute Gasteiger partial charge is 0.193 e. The van der Waals surface area contributed by atoms with Gasteiger partial charge in [0.15, 0.2) is 11.8 Å². The quantitative estimate of drug-likeness (QED) is 0.639. The summed E-state index contributed by atoms with van der Waals surface area (Å²) in [6.45, 7) is 0.423. The fourth-order valence-electron chi connectivity index (χ4n) is 0.760. The summed E-state index contributed by atoms with van der Waals surface area (Å²) in [6.07, 6.45) is 0. The molecule has 10 heavy (non-hydrogen) atoms. The highest BCUT2D eigenvalue weighted by Crippen LogP contribution is 2.20. The van der Waals surface area contributed by atoms with E-state index in [1.165, 1.54) is 16.7 Å². The number of rotatable bonds is 2. The van der Waals surface area contributed by atoms with Crippen molar-refractivity contribution in [2.75, 3.05) is 5.88 Å². The van der Waals surface area contributed by atoms with Crippen molar-refractivity contribution in [2.45, 2.75) is 6.54 Å². The highest BCUT2D eigenvalue weighted by atomic mass is 35.5. The Morgan fingerprint density at radius 2 is 1.80 bits per heavy atom. The molecule has 0 aliphatic rings. The van der Waals surface area contributed by atoms with E-state index in [-0.39, 0.29) is 11.8 Å². The molecular formula is C6H8ClNO2. The molecule has 0 saturated carbocycles. The third-order valence-corrected chi connectivity index (χ3v) is 1.41. The largest absolute Gasteiger partial charge is 0.494 e. The van der Waals surface area contributed by atoms with E-state index in [1.54, 1.807) is 0 Å². The molecule has 2 N–H and O–H groups in total. The lowest BCUT2D eigenvalue weighted by atomic mass is 10.6. The summed E-state index contributed by atoms with van der Waals surface area (Å²) >= 11 is 5.39. The first-order valence-corrected chi connectivity index (χ1v) is 3.42. The van der Waals surface area contributed by atoms with Gasteiger partial charge >= 0.3 is 0 Å². The van der Waals surface area contributed by atoms with Crippen LogP contribution in [0.15, 0.2) is 12.1 Å². The van der Waals surface area contributed by atoms with Crippen molar-refractivity contribution in [3.63, 3.8) is 0 Å². The fourth-order valence-corrected chi connectivity index (χ4v) is 0.929. The van der Waals surface area contributed by atoms with E-state index in [9.17, 15) is 0 Å². The van der Waals surface area contributed by atoms with Crippen LogP contribution in [0.3, 0.4) is 0 Å². The van der Waals surface area contributed by atoms with Crippen LogP contribution >= 0.6 is 11.6 Å². The zero-order valence-electron chi connectivity index (χ0n) is 5.29. The van der Waals surface area contributed by atoms with E-state index in [0.29, 0.717) is 12.4 Å². The topological polar surface area (TPSA) is 45.4 Å². The molecule has 1 aromatic rings. The lowest BCUT2D eigenvalue weighted by molar-refractivity contribution is 0.374. The Morgan fingerprint density at radius 3 is 2.20 bits per heavy atom. The molecule has 0 atom stereocenters. The van der Waals surface area contributed by atoms with Gasteiger partial charge in [-0.2, -0.15) is 0 Å². The van der Waals surface area contributed by atoms with Crippen LogP contribution in [0.25, 0.3) is 0 Å². The Labute approximate surface area is 63.5 Å². The highest BCUT2D eigenvalue weighted by Gasteiger charge is 2.02. The molecule has 0 radical (unpaired) electrons. The summed E-state index contributed by atoms with van der Waals surface area (Å²) in [6, 6.07) is 2.84. The Balaban J connectivity index is 2.87. The number of halogens is 1. The van der Waals surface area contributed by atoms with Crippen molar-refractivity contribution in [1.82, 2.24) is 4.57 Å². The van der Waals surface area contributed by atoms with Crippen molar-refractivity contribution in [3.8, 4) is 11.8 Å². The van der Waals surface area contributed by atoms with Crippen molar-refractivity contribution < 1.29 is 10.2 Å². The van der Waals surface area contributed by atoms with Gasteiger partial charge in [-0.15, -0.1) is 11.6 Å². The van der Waals surface area contributed by atoms with Gasteiger partial charge in [0.2, 0.25) is 0 Å². The first kappa shape index (κ1) is 7.28. The molecule has 0 saturated heterocycles. The molecule has 0 aliphatic carbocycles. The van der Waals surface area contributed by atoms with E-state index in [1.807, 2.05) is 0 Å². The van der Waals surface area contributed by atoms with E-state index in [4.69, 9.17) is 21.8 Å². The summed E-state index contributed by atoms with van der Waals surface area (Å²) in [5.41, 5.74) is 0. The molecule has 0 unspecified atom stereocenters. The van der Waals surface area contributed by atoms with Crippen LogP contribution in [0.1, 0.15) is 0 Å². The minimum atomic E-state index is 0.0400. The van der Waals surface area contributed by atoms with E-state index >= 15 is 0 Å². The van der Waals surface area contributed by atoms with Gasteiger partial charge in [-0.05, 0) is 0 Å². The van der Waals surface area contributed by atoms with Crippen molar-refractivity contribution in [1.29, 1.82) is 0 Å². The zero-order chi connectivity index (χ0) is 7.56. The van der Waals surface area contributed by atoms with Crippen molar-refractivity contribution in [2.24, 2.45) is 0 Å². The minimum absolute atomic E-state index is 0.0400. The molecular weight excluding hydrogens is 154 g/mol. The molecule has 0 aliphatic heterocycles. The van der Waals surface area contributed by atoms with Gasteiger partial charge in [0.05, 0.1) is 0 Å². The summed E-state index contributed by atoms with van der Waals surface area (Å²) in [5, 5.41) is 18.0. The van der Waals surface area contributed by atoms with Gasteiger partial charge < -0.3 is 10.2 Å². The van der Waals surface area contributed by atoms with Crippen LogP contribution < -0.4 is 0 Å². The average molecular weight is 162 g/mol. The fraction of sp³-hybridized carbons (Fsp3) is 0.333. The second-order valence-electron chi connectivity index (χ2n) is 1.89. The van der Waals surface area contributed by atoms with Crippen LogP contribution in [0.4, 0.5) is 0 Å². The standard InChI is InChI=1S/C6H8ClNO2/c7-3-4-8-5(9)1-2-6(8)10/h1-2,9-10H,3-4H2. The van der Waals surface area contributed by atoms with Crippen LogP contribution in [-0.2, 0) is 6.54 Å². The zero-order valence-corrected chi connectivity index (χ0v) is 6.04. The molecule has 4 heteroatoms. The molecule has 0 amide bonds. The van der Waals surface area contributed by atoms with Gasteiger partial charge in [-0.3, -0.25) is 4.57 Å². The summed E-state index contributed by atoms with van der Waals surface area (Å²) in [4.78, 5) is 0. The first-order chi connectivity index (χ1) is 4.75. The minimum Gasteiger partial charge on any atom is -0.494 e. The second kappa shape index (κ2) is 2.84. The van der Waals surface area contributed by atoms with Crippen LogP contribution in [-0.4, -0.2) is 20.7 Å². The monoisotopic (exact) mass is 161 g/mol. The Bertz CT molecular complexity index is 202. The predicted molar refractivity (Wildman–Crippen MR) is 38.5 cm³/mol. The highest BCUT2D eigenvalue weighted by molar-refractivity contribution is 6.17. The molecule has 0 bridgehead atoms. The normalized spacial score (nSPS) is 10.1. The van der Waals surface area contributed by atoms with Crippen LogP contribution in [0.5, 0.6) is 11.8 Å². The number of hydrogen-bond acceptors (Lipinski definition) is 2. The Morgan fingerprint density at radius 1 is 1.30 bits per heavy atom. The van der Waals surface area contributed by atoms with Crippen molar-refractivity contribution >= 4 is 11.6 Å². The van der Waals surface area contributed by atoms with Crippen molar-refractivity contribution in [3.05, 3.63) is 12.1 Å². The SMILES string of the molecule is Oc1ccc(O)n1CCCl. The van der Waals surface area contributed by atoms with Crippen LogP contribution in [0.2, 0.25) is 0 Å². The summed E-state index contributed by atoms with van der Waals surface area (Å²) < 4.78 is 1.33. The molecule has 0 fully saturated rings. The van der Waals surface area contributed by atoms with Gasteiger partial charge in [0.25, 0.3) is 0 Å². The van der Waals surface area contributed by atoms with E-state index < -0.39 is 0 Å². The lowest BCUT2D eigenvalue weighted by Crippen LogP contribution is -1.96. The number of aromatic nitrogens is 1. The molecule has 3 nitrogen and oxygen atoms in total. The molecule has 0 aromatic carbocycles. The second-order valence-corrected chi connectivity index (χ2v) is 2.27. The van der Waals surface area contributed by atoms with Crippen LogP contribution in [0, 0.1) is 0 Å². The molecule has 56 valence electrons. The Hall–Kier alpha value is -0.830. The van der Waals surface area contributed by atoms with Gasteiger partial charge in [-0.1, -0.05) is 0 Å². The molecule has 1 aromatic heterocycles. The van der Waals surface area contributed by atoms with Gasteiger partial charge in [0.1, 0.15) is 0 Å². The van der Waals surface area contributed by atoms with Gasteiger partial charge in [0, 0.05) is 24.6 Å². The third kappa shape index (κ3) is 1.19. The molecule has 1 heterocycles. The predicted octanol–water partition coefficient (Wildman–Crippen LogP) is 1.14. The average Bonchev–Trinajstić information content (AvgIpc) is 2.20. The number of hydrogen-bond donors (Lipinski definition) is 2. The third-order valence-electron chi connectivity index (χ3n) is 1.24. The lowest BCUT2D eigenvalue weighted by Gasteiger charge is -2.01. The maximum absolute atomic E-state index is 9.01. The maximum Gasteiger partial charge on any atom is 0.193 e. The van der Waals surface area contributed by atoms with E-state index in [2.05, 4.69) is 0 Å². The summed E-state index contributed by atoms with van der Waals surface area (Å²) in [5.74, 6) is 0.451. The van der Waals surface area contributed by atoms with E-state index in [0.717, 1.165) is 0 Å². The number of alkyl halides is 1. The number of nitrogens with zero attached hydrogens (tertiary/aromatic N) is 1. The Kier molecular flexibility index (Phi) is 2.06. The van der Waals surface area contributed by atoms with Gasteiger partial charge in [-0.25, -0.2) is 0 Å². The summed E-state index contributed by atoms with van der Waals surface area (Å²) in [7, 11) is 0. The molecule has 0 spiro atoms. The molecule has 1 rings (SSSR count). The number of aromatic hydroxyl groups is 2.